The van der Waals surface area contributed by atoms with Crippen molar-refractivity contribution in [3.05, 3.63) is 40.1 Å². The van der Waals surface area contributed by atoms with E-state index in [0.717, 1.165) is 5.56 Å². The fourth-order valence-corrected chi connectivity index (χ4v) is 5.92. The topological polar surface area (TPSA) is 96.0 Å². The number of carbonyl (C=O) groups is 2. The summed E-state index contributed by atoms with van der Waals surface area (Å²) < 4.78 is 33.2. The van der Waals surface area contributed by atoms with Gasteiger partial charge in [-0.3, -0.25) is 9.59 Å². The molecule has 0 radical (unpaired) electrons. The Morgan fingerprint density at radius 2 is 1.97 bits per heavy atom. The van der Waals surface area contributed by atoms with Gasteiger partial charge in [-0.1, -0.05) is 6.92 Å². The molecule has 2 aliphatic rings. The lowest BCUT2D eigenvalue weighted by Crippen LogP contribution is -2.50. The minimum absolute atomic E-state index is 0.0568. The molecule has 8 nitrogen and oxygen atoms in total. The third-order valence-electron chi connectivity index (χ3n) is 5.36. The van der Waals surface area contributed by atoms with Gasteiger partial charge in [-0.25, -0.2) is 8.42 Å². The summed E-state index contributed by atoms with van der Waals surface area (Å²) in [4.78, 5) is 27.2. The first kappa shape index (κ1) is 20.8. The summed E-state index contributed by atoms with van der Waals surface area (Å²) >= 11 is 1.40. The van der Waals surface area contributed by atoms with Gasteiger partial charge in [0.25, 0.3) is 11.8 Å². The molecule has 3 heterocycles. The van der Waals surface area contributed by atoms with Gasteiger partial charge in [0.2, 0.25) is 10.0 Å². The molecule has 0 aliphatic carbocycles. The number of anilines is 1. The summed E-state index contributed by atoms with van der Waals surface area (Å²) in [5.74, 6) is 0.122. The highest BCUT2D eigenvalue weighted by molar-refractivity contribution is 7.89. The first-order valence-corrected chi connectivity index (χ1v) is 12.1. The van der Waals surface area contributed by atoms with Crippen LogP contribution in [0.1, 0.15) is 28.6 Å². The molecular weight excluding hydrogens is 426 g/mol. The maximum Gasteiger partial charge on any atom is 0.265 e. The second-order valence-corrected chi connectivity index (χ2v) is 10.1. The lowest BCUT2D eigenvalue weighted by molar-refractivity contribution is -0.123. The number of ether oxygens (including phenoxy) is 1. The second-order valence-electron chi connectivity index (χ2n) is 7.29. The fraction of sp³-hybridized carbons (Fsp3) is 0.400. The lowest BCUT2D eigenvalue weighted by Gasteiger charge is -2.34. The molecule has 0 spiro atoms. The highest BCUT2D eigenvalue weighted by Gasteiger charge is 2.33. The van der Waals surface area contributed by atoms with E-state index in [-0.39, 0.29) is 29.8 Å². The Balaban J connectivity index is 1.48. The predicted octanol–water partition coefficient (Wildman–Crippen LogP) is 2.31. The Bertz CT molecular complexity index is 1090. The molecule has 0 bridgehead atoms. The molecule has 1 saturated heterocycles. The van der Waals surface area contributed by atoms with Crippen molar-refractivity contribution in [2.75, 3.05) is 31.5 Å². The van der Waals surface area contributed by atoms with Crippen molar-refractivity contribution in [2.45, 2.75) is 31.3 Å². The SMILES string of the molecule is CCC1Oc2ccc(S(=O)(=O)N3CCN(C(=O)c4sccc4C)CC3)cc2NC1=O. The molecule has 2 aromatic rings. The van der Waals surface area contributed by atoms with Crippen molar-refractivity contribution in [2.24, 2.45) is 0 Å². The van der Waals surface area contributed by atoms with Gasteiger partial charge in [-0.2, -0.15) is 4.31 Å². The number of nitrogens with one attached hydrogen (secondary N) is 1. The lowest BCUT2D eigenvalue weighted by atomic mass is 10.2. The number of benzene rings is 1. The van der Waals surface area contributed by atoms with Crippen LogP contribution in [0.5, 0.6) is 5.75 Å². The number of piperazine rings is 1. The van der Waals surface area contributed by atoms with Crippen LogP contribution in [0.4, 0.5) is 5.69 Å². The van der Waals surface area contributed by atoms with Gasteiger partial charge in [-0.15, -0.1) is 11.3 Å². The molecule has 1 atom stereocenters. The van der Waals surface area contributed by atoms with Crippen molar-refractivity contribution in [3.63, 3.8) is 0 Å². The largest absolute Gasteiger partial charge is 0.478 e. The van der Waals surface area contributed by atoms with Crippen molar-refractivity contribution in [1.29, 1.82) is 0 Å². The number of sulfonamides is 1. The summed E-state index contributed by atoms with van der Waals surface area (Å²) in [6.45, 7) is 4.84. The van der Waals surface area contributed by atoms with Gasteiger partial charge < -0.3 is 15.0 Å². The van der Waals surface area contributed by atoms with E-state index in [4.69, 9.17) is 4.74 Å². The Labute approximate surface area is 179 Å². The maximum atomic E-state index is 13.1. The van der Waals surface area contributed by atoms with Crippen molar-refractivity contribution < 1.29 is 22.7 Å². The molecule has 1 fully saturated rings. The molecule has 0 saturated carbocycles. The minimum atomic E-state index is -3.75. The quantitative estimate of drug-likeness (QED) is 0.773. The number of fused-ring (bicyclic) bond motifs is 1. The highest BCUT2D eigenvalue weighted by Crippen LogP contribution is 2.33. The summed E-state index contributed by atoms with van der Waals surface area (Å²) in [5, 5.41) is 4.60. The Morgan fingerprint density at radius 1 is 1.23 bits per heavy atom. The van der Waals surface area contributed by atoms with Crippen molar-refractivity contribution >= 4 is 38.9 Å². The van der Waals surface area contributed by atoms with Gasteiger partial charge >= 0.3 is 0 Å². The number of carbonyl (C=O) groups excluding carboxylic acids is 2. The molecule has 2 aliphatic heterocycles. The Morgan fingerprint density at radius 3 is 2.60 bits per heavy atom. The standard InChI is InChI=1S/C20H23N3O5S2/c1-3-16-19(24)21-15-12-14(4-5-17(15)28-16)30(26,27)23-9-7-22(8-10-23)20(25)18-13(2)6-11-29-18/h4-6,11-12,16H,3,7-10H2,1-2H3,(H,21,24). The van der Waals surface area contributed by atoms with Crippen LogP contribution in [-0.2, 0) is 14.8 Å². The van der Waals surface area contributed by atoms with E-state index in [2.05, 4.69) is 5.32 Å². The van der Waals surface area contributed by atoms with E-state index in [1.54, 1.807) is 11.0 Å². The van der Waals surface area contributed by atoms with Crippen LogP contribution < -0.4 is 10.1 Å². The summed E-state index contributed by atoms with van der Waals surface area (Å²) in [6, 6.07) is 6.40. The van der Waals surface area contributed by atoms with Crippen LogP contribution in [-0.4, -0.2) is 61.7 Å². The Hall–Kier alpha value is -2.43. The number of hydrogen-bond donors (Lipinski definition) is 1. The van der Waals surface area contributed by atoms with Crippen LogP contribution in [0.15, 0.2) is 34.5 Å². The third-order valence-corrected chi connectivity index (χ3v) is 8.26. The van der Waals surface area contributed by atoms with Crippen molar-refractivity contribution in [1.82, 2.24) is 9.21 Å². The van der Waals surface area contributed by atoms with E-state index in [0.29, 0.717) is 35.8 Å². The number of nitrogens with zero attached hydrogens (tertiary/aromatic N) is 2. The normalized spacial score (nSPS) is 19.7. The van der Waals surface area contributed by atoms with Gasteiger partial charge in [-0.05, 0) is 48.6 Å². The van der Waals surface area contributed by atoms with Crippen LogP contribution >= 0.6 is 11.3 Å². The molecule has 1 N–H and O–H groups in total. The van der Waals surface area contributed by atoms with Crippen LogP contribution in [0.2, 0.25) is 0 Å². The molecule has 2 amide bonds. The molecular formula is C20H23N3O5S2. The van der Waals surface area contributed by atoms with E-state index < -0.39 is 16.1 Å². The molecule has 1 aromatic carbocycles. The highest BCUT2D eigenvalue weighted by atomic mass is 32.2. The molecule has 160 valence electrons. The molecule has 1 aromatic heterocycles. The molecule has 1 unspecified atom stereocenters. The van der Waals surface area contributed by atoms with Gasteiger partial charge in [0.1, 0.15) is 5.75 Å². The Kier molecular flexibility index (Phi) is 5.56. The van der Waals surface area contributed by atoms with Crippen LogP contribution in [0, 0.1) is 6.92 Å². The van der Waals surface area contributed by atoms with E-state index in [1.807, 2.05) is 25.3 Å². The van der Waals surface area contributed by atoms with Gasteiger partial charge in [0.05, 0.1) is 15.5 Å². The zero-order valence-corrected chi connectivity index (χ0v) is 18.4. The first-order valence-electron chi connectivity index (χ1n) is 9.76. The predicted molar refractivity (Wildman–Crippen MR) is 113 cm³/mol. The smallest absolute Gasteiger partial charge is 0.265 e. The van der Waals surface area contributed by atoms with E-state index in [1.165, 1.54) is 27.8 Å². The number of thiophene rings is 1. The fourth-order valence-electron chi connectivity index (χ4n) is 3.57. The number of rotatable bonds is 4. The summed E-state index contributed by atoms with van der Waals surface area (Å²) in [5.41, 5.74) is 1.29. The number of aryl methyl sites for hydroxylation is 1. The molecule has 30 heavy (non-hydrogen) atoms. The molecule has 4 rings (SSSR count). The third kappa shape index (κ3) is 3.70. The van der Waals surface area contributed by atoms with Gasteiger partial charge in [0.15, 0.2) is 6.10 Å². The first-order chi connectivity index (χ1) is 14.3. The average molecular weight is 450 g/mol. The van der Waals surface area contributed by atoms with Gasteiger partial charge in [0, 0.05) is 26.2 Å². The number of amides is 2. The summed E-state index contributed by atoms with van der Waals surface area (Å²) in [6.07, 6.45) is -0.0446. The maximum absolute atomic E-state index is 13.1. The van der Waals surface area contributed by atoms with Crippen molar-refractivity contribution in [3.8, 4) is 5.75 Å². The summed E-state index contributed by atoms with van der Waals surface area (Å²) in [7, 11) is -3.75. The number of hydrogen-bond acceptors (Lipinski definition) is 6. The average Bonchev–Trinajstić information content (AvgIpc) is 3.18. The molecule has 10 heteroatoms. The monoisotopic (exact) mass is 449 g/mol. The van der Waals surface area contributed by atoms with E-state index in [9.17, 15) is 18.0 Å². The van der Waals surface area contributed by atoms with Crippen LogP contribution in [0.3, 0.4) is 0 Å². The van der Waals surface area contributed by atoms with Crippen LogP contribution in [0.25, 0.3) is 0 Å². The second kappa shape index (κ2) is 8.01. The van der Waals surface area contributed by atoms with E-state index >= 15 is 0 Å². The zero-order valence-electron chi connectivity index (χ0n) is 16.8. The minimum Gasteiger partial charge on any atom is -0.478 e. The zero-order chi connectivity index (χ0) is 21.5.